The third-order valence-electron chi connectivity index (χ3n) is 3.85. The molecule has 0 saturated heterocycles. The monoisotopic (exact) mass is 268 g/mol. The fraction of sp³-hybridized carbons (Fsp3) is 0.867. The maximum Gasteiger partial charge on any atom is 0.209 e. The molecule has 4 heteroatoms. The molecule has 2 atom stereocenters. The molecule has 0 aromatic heterocycles. The number of ether oxygens (including phenoxy) is 2. The molecule has 0 bridgehead atoms. The summed E-state index contributed by atoms with van der Waals surface area (Å²) < 4.78 is 10.9. The van der Waals surface area contributed by atoms with Crippen molar-refractivity contribution in [2.75, 3.05) is 14.2 Å². The van der Waals surface area contributed by atoms with Crippen molar-refractivity contribution in [3.05, 3.63) is 0 Å². The zero-order chi connectivity index (χ0) is 14.4. The van der Waals surface area contributed by atoms with Crippen LogP contribution in [0.25, 0.3) is 0 Å². The van der Waals surface area contributed by atoms with Gasteiger partial charge in [0.2, 0.25) is 11.8 Å². The van der Waals surface area contributed by atoms with E-state index >= 15 is 0 Å². The Kier molecular flexibility index (Phi) is 6.32. The van der Waals surface area contributed by atoms with Gasteiger partial charge < -0.3 is 9.47 Å². The topological polar surface area (TPSA) is 43.2 Å². The fourth-order valence-electron chi connectivity index (χ4n) is 2.45. The van der Waals surface area contributed by atoms with Crippen molar-refractivity contribution < 1.29 is 9.47 Å². The van der Waals surface area contributed by atoms with Gasteiger partial charge in [-0.1, -0.05) is 40.5 Å². The van der Waals surface area contributed by atoms with Gasteiger partial charge in [0.15, 0.2) is 0 Å². The van der Waals surface area contributed by atoms with Gasteiger partial charge in [0.25, 0.3) is 0 Å². The summed E-state index contributed by atoms with van der Waals surface area (Å²) in [5, 5.41) is 0. The number of nitrogens with zero attached hydrogens (tertiary/aromatic N) is 2. The molecule has 0 aromatic rings. The largest absolute Gasteiger partial charge is 0.483 e. The summed E-state index contributed by atoms with van der Waals surface area (Å²) in [6.07, 6.45) is 3.31. The van der Waals surface area contributed by atoms with Gasteiger partial charge in [0.1, 0.15) is 12.1 Å². The van der Waals surface area contributed by atoms with E-state index in [-0.39, 0.29) is 12.1 Å². The van der Waals surface area contributed by atoms with Gasteiger partial charge in [-0.3, -0.25) is 0 Å². The zero-order valence-corrected chi connectivity index (χ0v) is 13.1. The van der Waals surface area contributed by atoms with E-state index in [1.807, 2.05) is 0 Å². The highest BCUT2D eigenvalue weighted by Crippen LogP contribution is 2.23. The molecule has 1 heterocycles. The van der Waals surface area contributed by atoms with Gasteiger partial charge in [-0.25, -0.2) is 9.98 Å². The average molecular weight is 268 g/mol. The average Bonchev–Trinajstić information content (AvgIpc) is 2.43. The Morgan fingerprint density at radius 1 is 1.00 bits per heavy atom. The lowest BCUT2D eigenvalue weighted by molar-refractivity contribution is 0.319. The Hall–Kier alpha value is -1.06. The Labute approximate surface area is 117 Å². The number of hydrogen-bond donors (Lipinski definition) is 0. The quantitative estimate of drug-likeness (QED) is 0.767. The first kappa shape index (κ1) is 16.0. The van der Waals surface area contributed by atoms with Gasteiger partial charge in [0.05, 0.1) is 14.2 Å². The number of hydrogen-bond acceptors (Lipinski definition) is 4. The lowest BCUT2D eigenvalue weighted by atomic mass is 9.93. The summed E-state index contributed by atoms with van der Waals surface area (Å²) in [5.74, 6) is 2.51. The summed E-state index contributed by atoms with van der Waals surface area (Å²) in [7, 11) is 3.36. The molecule has 0 fully saturated rings. The highest BCUT2D eigenvalue weighted by molar-refractivity contribution is 5.94. The fourth-order valence-corrected chi connectivity index (χ4v) is 2.45. The minimum atomic E-state index is -0.0158. The van der Waals surface area contributed by atoms with Gasteiger partial charge in [0, 0.05) is 0 Å². The van der Waals surface area contributed by atoms with Crippen molar-refractivity contribution in [1.82, 2.24) is 0 Å². The van der Waals surface area contributed by atoms with E-state index in [4.69, 9.17) is 19.5 Å². The van der Waals surface area contributed by atoms with Crippen LogP contribution in [0, 0.1) is 11.8 Å². The van der Waals surface area contributed by atoms with E-state index in [1.54, 1.807) is 14.2 Å². The highest BCUT2D eigenvalue weighted by atomic mass is 16.5. The second kappa shape index (κ2) is 7.51. The van der Waals surface area contributed by atoms with Crippen LogP contribution in [0.2, 0.25) is 0 Å². The Balaban J connectivity index is 2.91. The lowest BCUT2D eigenvalue weighted by Crippen LogP contribution is -2.38. The Morgan fingerprint density at radius 3 is 2.00 bits per heavy atom. The second-order valence-electron chi connectivity index (χ2n) is 5.47. The van der Waals surface area contributed by atoms with E-state index < -0.39 is 0 Å². The third kappa shape index (κ3) is 3.95. The third-order valence-corrected chi connectivity index (χ3v) is 3.85. The maximum atomic E-state index is 5.45. The van der Waals surface area contributed by atoms with Crippen LogP contribution in [-0.4, -0.2) is 38.1 Å². The van der Waals surface area contributed by atoms with E-state index in [1.165, 1.54) is 0 Å². The molecule has 0 spiro atoms. The van der Waals surface area contributed by atoms with Crippen LogP contribution >= 0.6 is 0 Å². The van der Waals surface area contributed by atoms with Gasteiger partial charge >= 0.3 is 0 Å². The van der Waals surface area contributed by atoms with Crippen LogP contribution < -0.4 is 0 Å². The van der Waals surface area contributed by atoms with Crippen molar-refractivity contribution in [2.45, 2.75) is 59.0 Å². The first-order valence-electron chi connectivity index (χ1n) is 7.30. The van der Waals surface area contributed by atoms with E-state index in [9.17, 15) is 0 Å². The minimum Gasteiger partial charge on any atom is -0.483 e. The molecule has 0 aromatic carbocycles. The molecule has 1 aliphatic rings. The predicted octanol–water partition coefficient (Wildman–Crippen LogP) is 3.31. The molecule has 0 N–H and O–H groups in total. The summed E-state index contributed by atoms with van der Waals surface area (Å²) in [5.41, 5.74) is 0. The molecule has 0 aliphatic carbocycles. The maximum absolute atomic E-state index is 5.45. The molecule has 110 valence electrons. The number of methoxy groups -OCH3 is 2. The first-order chi connectivity index (χ1) is 9.07. The Bertz CT molecular complexity index is 333. The molecule has 0 saturated carbocycles. The van der Waals surface area contributed by atoms with E-state index in [0.717, 1.165) is 31.1 Å². The summed E-state index contributed by atoms with van der Waals surface area (Å²) in [6.45, 7) is 8.69. The summed E-state index contributed by atoms with van der Waals surface area (Å²) in [6, 6.07) is -0.00208. The first-order valence-corrected chi connectivity index (χ1v) is 7.30. The standard InChI is InChI=1S/C15H28N2O2/c1-7-11(8-2)9-12-14(18-5)17-13(10(3)4)15(16-12)19-6/h10-13H,7-9H2,1-6H3/t12-,13?/m0/s1. The molecular formula is C15H28N2O2. The van der Waals surface area contributed by atoms with Crippen LogP contribution in [0.4, 0.5) is 0 Å². The lowest BCUT2D eigenvalue weighted by Gasteiger charge is -2.28. The molecule has 0 amide bonds. The van der Waals surface area contributed by atoms with Crippen LogP contribution in [0.1, 0.15) is 47.0 Å². The van der Waals surface area contributed by atoms with Gasteiger partial charge in [-0.05, 0) is 18.3 Å². The molecule has 1 unspecified atom stereocenters. The molecule has 0 radical (unpaired) electrons. The van der Waals surface area contributed by atoms with Crippen LogP contribution in [0.3, 0.4) is 0 Å². The van der Waals surface area contributed by atoms with Crippen LogP contribution in [-0.2, 0) is 9.47 Å². The smallest absolute Gasteiger partial charge is 0.209 e. The molecule has 4 nitrogen and oxygen atoms in total. The molecular weight excluding hydrogens is 240 g/mol. The minimum absolute atomic E-state index is 0.0137. The molecule has 1 rings (SSSR count). The van der Waals surface area contributed by atoms with E-state index in [0.29, 0.717) is 11.8 Å². The Morgan fingerprint density at radius 2 is 1.58 bits per heavy atom. The van der Waals surface area contributed by atoms with Gasteiger partial charge in [-0.15, -0.1) is 0 Å². The second-order valence-corrected chi connectivity index (χ2v) is 5.47. The summed E-state index contributed by atoms with van der Waals surface area (Å²) in [4.78, 5) is 9.42. The number of aliphatic imine (C=N–C) groups is 2. The molecule has 19 heavy (non-hydrogen) atoms. The van der Waals surface area contributed by atoms with Crippen LogP contribution in [0.15, 0.2) is 9.98 Å². The van der Waals surface area contributed by atoms with Crippen molar-refractivity contribution in [2.24, 2.45) is 21.8 Å². The summed E-state index contributed by atoms with van der Waals surface area (Å²) >= 11 is 0. The SMILES string of the molecule is CCC(CC)C[C@@H]1N=C(OC)C(C(C)C)N=C1OC. The predicted molar refractivity (Wildman–Crippen MR) is 80.0 cm³/mol. The van der Waals surface area contributed by atoms with Crippen molar-refractivity contribution >= 4 is 11.8 Å². The molecule has 1 aliphatic heterocycles. The van der Waals surface area contributed by atoms with Crippen molar-refractivity contribution in [3.8, 4) is 0 Å². The normalized spacial score (nSPS) is 23.4. The van der Waals surface area contributed by atoms with Crippen molar-refractivity contribution in [3.63, 3.8) is 0 Å². The van der Waals surface area contributed by atoms with Crippen molar-refractivity contribution in [1.29, 1.82) is 0 Å². The van der Waals surface area contributed by atoms with E-state index in [2.05, 4.69) is 27.7 Å². The zero-order valence-electron chi connectivity index (χ0n) is 13.1. The highest BCUT2D eigenvalue weighted by Gasteiger charge is 2.31. The van der Waals surface area contributed by atoms with Gasteiger partial charge in [-0.2, -0.15) is 0 Å². The van der Waals surface area contributed by atoms with Crippen LogP contribution in [0.5, 0.6) is 0 Å². The number of rotatable bonds is 5.